The Labute approximate surface area is 189 Å². The van der Waals surface area contributed by atoms with Gasteiger partial charge in [-0.3, -0.25) is 24.6 Å². The number of non-ortho nitro benzene ring substituents is 1. The van der Waals surface area contributed by atoms with Crippen molar-refractivity contribution in [2.75, 3.05) is 18.4 Å². The number of amides is 2. The van der Waals surface area contributed by atoms with Gasteiger partial charge in [-0.2, -0.15) is 11.3 Å². The Kier molecular flexibility index (Phi) is 6.58. The Morgan fingerprint density at radius 3 is 2.66 bits per heavy atom. The van der Waals surface area contributed by atoms with Gasteiger partial charge < -0.3 is 10.6 Å². The molecule has 1 aliphatic heterocycles. The summed E-state index contributed by atoms with van der Waals surface area (Å²) < 4.78 is 0. The quantitative estimate of drug-likeness (QED) is 0.340. The number of carbonyl (C=O) groups excluding carboxylic acids is 2. The fourth-order valence-corrected chi connectivity index (χ4v) is 4.57. The molecule has 0 fully saturated rings. The van der Waals surface area contributed by atoms with Crippen molar-refractivity contribution in [2.24, 2.45) is 0 Å². The Morgan fingerprint density at radius 1 is 1.09 bits per heavy atom. The number of thiophene rings is 1. The van der Waals surface area contributed by atoms with Crippen molar-refractivity contribution in [2.45, 2.75) is 19.0 Å². The van der Waals surface area contributed by atoms with Gasteiger partial charge in [-0.05, 0) is 46.0 Å². The Bertz CT molecular complexity index is 1130. The highest BCUT2D eigenvalue weighted by Gasteiger charge is 2.26. The van der Waals surface area contributed by atoms with E-state index in [1.165, 1.54) is 35.4 Å². The molecule has 1 aliphatic rings. The van der Waals surface area contributed by atoms with Gasteiger partial charge in [0.1, 0.15) is 0 Å². The SMILES string of the molecule is O=C(NCC(c1ccsc1)N1CCc2ccccc2C1)C(=O)Nc1cccc([N+](=O)[O-])c1. The molecule has 0 aliphatic carbocycles. The molecule has 1 unspecified atom stereocenters. The van der Waals surface area contributed by atoms with Gasteiger partial charge in [-0.15, -0.1) is 0 Å². The van der Waals surface area contributed by atoms with Gasteiger partial charge in [0.05, 0.1) is 11.0 Å². The van der Waals surface area contributed by atoms with E-state index in [2.05, 4.69) is 33.0 Å². The lowest BCUT2D eigenvalue weighted by atomic mass is 9.97. The third kappa shape index (κ3) is 5.01. The highest BCUT2D eigenvalue weighted by atomic mass is 32.1. The molecule has 0 saturated carbocycles. The summed E-state index contributed by atoms with van der Waals surface area (Å²) >= 11 is 1.59. The number of nitrogens with one attached hydrogen (secondary N) is 2. The molecule has 0 radical (unpaired) electrons. The van der Waals surface area contributed by atoms with E-state index >= 15 is 0 Å². The predicted octanol–water partition coefficient (Wildman–Crippen LogP) is 3.51. The van der Waals surface area contributed by atoms with E-state index in [-0.39, 0.29) is 24.0 Å². The van der Waals surface area contributed by atoms with Crippen LogP contribution in [0.4, 0.5) is 11.4 Å². The summed E-state index contributed by atoms with van der Waals surface area (Å²) in [5.41, 5.74) is 3.74. The number of nitro benzene ring substituents is 1. The van der Waals surface area contributed by atoms with E-state index in [0.29, 0.717) is 0 Å². The molecule has 2 aromatic carbocycles. The molecule has 2 N–H and O–H groups in total. The second-order valence-electron chi connectivity index (χ2n) is 7.53. The molecule has 1 aromatic heterocycles. The average Bonchev–Trinajstić information content (AvgIpc) is 3.33. The lowest BCUT2D eigenvalue weighted by molar-refractivity contribution is -0.384. The van der Waals surface area contributed by atoms with Gasteiger partial charge in [-0.1, -0.05) is 30.3 Å². The fraction of sp³-hybridized carbons (Fsp3) is 0.217. The Balaban J connectivity index is 1.41. The van der Waals surface area contributed by atoms with E-state index < -0.39 is 16.7 Å². The van der Waals surface area contributed by atoms with Gasteiger partial charge in [0.15, 0.2) is 0 Å². The van der Waals surface area contributed by atoms with Crippen LogP contribution in [-0.4, -0.2) is 34.7 Å². The lowest BCUT2D eigenvalue weighted by Crippen LogP contribution is -2.43. The number of anilines is 1. The molecule has 0 saturated heterocycles. The molecule has 0 spiro atoms. The highest BCUT2D eigenvalue weighted by molar-refractivity contribution is 7.08. The van der Waals surface area contributed by atoms with Crippen LogP contribution in [0.2, 0.25) is 0 Å². The Morgan fingerprint density at radius 2 is 1.91 bits per heavy atom. The zero-order valence-corrected chi connectivity index (χ0v) is 18.0. The van der Waals surface area contributed by atoms with Crippen LogP contribution < -0.4 is 10.6 Å². The second-order valence-corrected chi connectivity index (χ2v) is 8.31. The van der Waals surface area contributed by atoms with Crippen molar-refractivity contribution in [1.82, 2.24) is 10.2 Å². The molecular weight excluding hydrogens is 428 g/mol. The van der Waals surface area contributed by atoms with Crippen LogP contribution in [0.25, 0.3) is 0 Å². The number of carbonyl (C=O) groups is 2. The van der Waals surface area contributed by atoms with Crippen LogP contribution in [0.5, 0.6) is 0 Å². The summed E-state index contributed by atoms with van der Waals surface area (Å²) in [6, 6.07) is 15.8. The van der Waals surface area contributed by atoms with Gasteiger partial charge in [-0.25, -0.2) is 0 Å². The minimum absolute atomic E-state index is 0.0656. The average molecular weight is 451 g/mol. The molecule has 2 heterocycles. The van der Waals surface area contributed by atoms with E-state index in [1.54, 1.807) is 11.3 Å². The number of hydrogen-bond donors (Lipinski definition) is 2. The summed E-state index contributed by atoms with van der Waals surface area (Å²) in [6.45, 7) is 1.90. The second kappa shape index (κ2) is 9.71. The van der Waals surface area contributed by atoms with Crippen molar-refractivity contribution in [3.05, 3.63) is 92.2 Å². The van der Waals surface area contributed by atoms with E-state index in [4.69, 9.17) is 0 Å². The van der Waals surface area contributed by atoms with Crippen LogP contribution in [0.15, 0.2) is 65.4 Å². The molecular formula is C23H22N4O4S. The van der Waals surface area contributed by atoms with Crippen molar-refractivity contribution in [3.63, 3.8) is 0 Å². The minimum Gasteiger partial charge on any atom is -0.346 e. The standard InChI is InChI=1S/C23H22N4O4S/c28-22(23(29)25-19-6-3-7-20(12-19)27(30)31)24-13-21(18-9-11-32-15-18)26-10-8-16-4-1-2-5-17(16)14-26/h1-7,9,11-12,15,21H,8,10,13-14H2,(H,24,28)(H,25,29). The van der Waals surface area contributed by atoms with E-state index in [0.717, 1.165) is 25.1 Å². The van der Waals surface area contributed by atoms with Gasteiger partial charge >= 0.3 is 11.8 Å². The summed E-state index contributed by atoms with van der Waals surface area (Å²) in [5.74, 6) is -1.65. The molecule has 4 rings (SSSR count). The molecule has 9 heteroatoms. The molecule has 2 amide bonds. The smallest absolute Gasteiger partial charge is 0.313 e. The fourth-order valence-electron chi connectivity index (χ4n) is 3.86. The first kappa shape index (κ1) is 21.7. The number of nitro groups is 1. The van der Waals surface area contributed by atoms with E-state index in [1.807, 2.05) is 23.6 Å². The van der Waals surface area contributed by atoms with Crippen LogP contribution in [0, 0.1) is 10.1 Å². The van der Waals surface area contributed by atoms with Gasteiger partial charge in [0.25, 0.3) is 5.69 Å². The van der Waals surface area contributed by atoms with E-state index in [9.17, 15) is 19.7 Å². The zero-order valence-electron chi connectivity index (χ0n) is 17.2. The topological polar surface area (TPSA) is 105 Å². The monoisotopic (exact) mass is 450 g/mol. The normalized spacial score (nSPS) is 14.2. The van der Waals surface area contributed by atoms with Crippen LogP contribution in [-0.2, 0) is 22.6 Å². The number of rotatable bonds is 6. The molecule has 0 bridgehead atoms. The summed E-state index contributed by atoms with van der Waals surface area (Å²) in [5, 5.41) is 20.1. The molecule has 3 aromatic rings. The molecule has 8 nitrogen and oxygen atoms in total. The summed E-state index contributed by atoms with van der Waals surface area (Å²) in [6.07, 6.45) is 0.929. The number of benzene rings is 2. The Hall–Kier alpha value is -3.56. The van der Waals surface area contributed by atoms with Crippen LogP contribution in [0.3, 0.4) is 0 Å². The van der Waals surface area contributed by atoms with Crippen molar-refractivity contribution < 1.29 is 14.5 Å². The van der Waals surface area contributed by atoms with Crippen LogP contribution in [0.1, 0.15) is 22.7 Å². The first-order valence-corrected chi connectivity index (χ1v) is 11.1. The summed E-state index contributed by atoms with van der Waals surface area (Å²) in [7, 11) is 0. The molecule has 164 valence electrons. The van der Waals surface area contributed by atoms with Crippen molar-refractivity contribution in [3.8, 4) is 0 Å². The highest BCUT2D eigenvalue weighted by Crippen LogP contribution is 2.28. The summed E-state index contributed by atoms with van der Waals surface area (Å²) in [4.78, 5) is 37.4. The molecule has 1 atom stereocenters. The van der Waals surface area contributed by atoms with Gasteiger partial charge in [0, 0.05) is 37.5 Å². The third-order valence-electron chi connectivity index (χ3n) is 5.51. The number of nitrogens with zero attached hydrogens (tertiary/aromatic N) is 2. The first-order valence-electron chi connectivity index (χ1n) is 10.2. The lowest BCUT2D eigenvalue weighted by Gasteiger charge is -2.35. The minimum atomic E-state index is -0.862. The third-order valence-corrected chi connectivity index (χ3v) is 6.21. The first-order chi connectivity index (χ1) is 15.5. The van der Waals surface area contributed by atoms with Crippen LogP contribution >= 0.6 is 11.3 Å². The largest absolute Gasteiger partial charge is 0.346 e. The number of fused-ring (bicyclic) bond motifs is 1. The maximum absolute atomic E-state index is 12.4. The maximum atomic E-state index is 12.4. The maximum Gasteiger partial charge on any atom is 0.313 e. The molecule has 32 heavy (non-hydrogen) atoms. The predicted molar refractivity (Wildman–Crippen MR) is 122 cm³/mol. The van der Waals surface area contributed by atoms with Gasteiger partial charge in [0.2, 0.25) is 0 Å². The van der Waals surface area contributed by atoms with Crippen molar-refractivity contribution >= 4 is 34.5 Å². The van der Waals surface area contributed by atoms with Crippen molar-refractivity contribution in [1.29, 1.82) is 0 Å². The number of hydrogen-bond acceptors (Lipinski definition) is 6. The zero-order chi connectivity index (χ0) is 22.5.